The molecule has 2 amide bonds. The summed E-state index contributed by atoms with van der Waals surface area (Å²) in [5.41, 5.74) is 1.12. The summed E-state index contributed by atoms with van der Waals surface area (Å²) < 4.78 is 0. The highest BCUT2D eigenvalue weighted by molar-refractivity contribution is 5.97. The maximum Gasteiger partial charge on any atom is 0.307 e. The lowest BCUT2D eigenvalue weighted by molar-refractivity contribution is -0.146. The van der Waals surface area contributed by atoms with E-state index in [0.717, 1.165) is 0 Å². The van der Waals surface area contributed by atoms with Crippen molar-refractivity contribution < 1.29 is 19.5 Å². The molecule has 24 heavy (non-hydrogen) atoms. The van der Waals surface area contributed by atoms with Crippen LogP contribution in [0.4, 0.5) is 11.4 Å². The molecule has 0 heterocycles. The Morgan fingerprint density at radius 2 is 1.62 bits per heavy atom. The first-order valence-corrected chi connectivity index (χ1v) is 7.98. The molecule has 1 aromatic rings. The number of hydrogen-bond acceptors (Lipinski definition) is 3. The molecule has 6 heteroatoms. The number of carbonyl (C=O) groups is 3. The molecule has 0 aliphatic heterocycles. The fourth-order valence-corrected chi connectivity index (χ4v) is 2.57. The normalized spacial score (nSPS) is 19.8. The van der Waals surface area contributed by atoms with E-state index in [4.69, 9.17) is 0 Å². The summed E-state index contributed by atoms with van der Waals surface area (Å²) in [6.45, 7) is 3.59. The number of anilines is 2. The van der Waals surface area contributed by atoms with E-state index in [0.29, 0.717) is 24.2 Å². The van der Waals surface area contributed by atoms with E-state index in [1.165, 1.54) is 0 Å². The van der Waals surface area contributed by atoms with Gasteiger partial charge < -0.3 is 15.7 Å². The first-order valence-electron chi connectivity index (χ1n) is 7.98. The molecule has 0 radical (unpaired) electrons. The van der Waals surface area contributed by atoms with Gasteiger partial charge in [0, 0.05) is 17.3 Å². The molecule has 2 rings (SSSR count). The van der Waals surface area contributed by atoms with Gasteiger partial charge in [0.05, 0.1) is 11.8 Å². The van der Waals surface area contributed by atoms with Crippen molar-refractivity contribution in [2.45, 2.75) is 26.7 Å². The Bertz CT molecular complexity index is 667. The van der Waals surface area contributed by atoms with Crippen molar-refractivity contribution >= 4 is 29.2 Å². The van der Waals surface area contributed by atoms with E-state index in [1.54, 1.807) is 44.2 Å². The summed E-state index contributed by atoms with van der Waals surface area (Å²) in [6.07, 6.45) is 4.40. The Hall–Kier alpha value is -2.63. The highest BCUT2D eigenvalue weighted by atomic mass is 16.4. The van der Waals surface area contributed by atoms with Crippen LogP contribution in [0.1, 0.15) is 26.7 Å². The van der Waals surface area contributed by atoms with Gasteiger partial charge in [0.25, 0.3) is 0 Å². The second-order valence-electron chi connectivity index (χ2n) is 6.21. The Kier molecular flexibility index (Phi) is 5.73. The van der Waals surface area contributed by atoms with Crippen LogP contribution in [0.2, 0.25) is 0 Å². The van der Waals surface area contributed by atoms with Crippen molar-refractivity contribution in [1.82, 2.24) is 0 Å². The number of carbonyl (C=O) groups excluding carboxylic acids is 2. The summed E-state index contributed by atoms with van der Waals surface area (Å²) in [6, 6.07) is 6.82. The van der Waals surface area contributed by atoms with Gasteiger partial charge in [-0.25, -0.2) is 0 Å². The number of hydrogen-bond donors (Lipinski definition) is 3. The van der Waals surface area contributed by atoms with Crippen LogP contribution in [0.5, 0.6) is 0 Å². The van der Waals surface area contributed by atoms with Crippen LogP contribution in [-0.2, 0) is 14.4 Å². The second-order valence-corrected chi connectivity index (χ2v) is 6.21. The van der Waals surface area contributed by atoms with Crippen molar-refractivity contribution in [1.29, 1.82) is 0 Å². The second kappa shape index (κ2) is 7.77. The van der Waals surface area contributed by atoms with Crippen LogP contribution in [0.15, 0.2) is 36.4 Å². The van der Waals surface area contributed by atoms with E-state index in [2.05, 4.69) is 10.6 Å². The number of rotatable bonds is 5. The molecule has 1 aliphatic rings. The largest absolute Gasteiger partial charge is 0.481 e. The van der Waals surface area contributed by atoms with Gasteiger partial charge in [-0.1, -0.05) is 32.1 Å². The topological polar surface area (TPSA) is 95.5 Å². The number of benzene rings is 1. The molecule has 0 bridgehead atoms. The maximum absolute atomic E-state index is 12.4. The lowest BCUT2D eigenvalue weighted by atomic mass is 9.82. The highest BCUT2D eigenvalue weighted by Crippen LogP contribution is 2.27. The van der Waals surface area contributed by atoms with Gasteiger partial charge in [-0.15, -0.1) is 0 Å². The minimum Gasteiger partial charge on any atom is -0.481 e. The van der Waals surface area contributed by atoms with E-state index in [1.807, 2.05) is 6.08 Å². The van der Waals surface area contributed by atoms with Crippen molar-refractivity contribution in [3.05, 3.63) is 36.4 Å². The van der Waals surface area contributed by atoms with Gasteiger partial charge in [0.2, 0.25) is 11.8 Å². The Labute approximate surface area is 140 Å². The van der Waals surface area contributed by atoms with Gasteiger partial charge >= 0.3 is 5.97 Å². The van der Waals surface area contributed by atoms with Crippen LogP contribution < -0.4 is 10.6 Å². The fraction of sp³-hybridized carbons (Fsp3) is 0.389. The summed E-state index contributed by atoms with van der Waals surface area (Å²) in [7, 11) is 0. The highest BCUT2D eigenvalue weighted by Gasteiger charge is 2.33. The summed E-state index contributed by atoms with van der Waals surface area (Å²) in [5.74, 6) is -2.84. The number of nitrogens with one attached hydrogen (secondary N) is 2. The molecule has 0 saturated carbocycles. The molecule has 6 nitrogen and oxygen atoms in total. The van der Waals surface area contributed by atoms with Crippen LogP contribution in [0.3, 0.4) is 0 Å². The molecular formula is C18H22N2O4. The first kappa shape index (κ1) is 17.7. The van der Waals surface area contributed by atoms with Crippen LogP contribution in [0, 0.1) is 17.8 Å². The molecule has 2 unspecified atom stereocenters. The van der Waals surface area contributed by atoms with E-state index >= 15 is 0 Å². The zero-order valence-corrected chi connectivity index (χ0v) is 13.8. The first-order chi connectivity index (χ1) is 11.4. The van der Waals surface area contributed by atoms with E-state index < -0.39 is 17.8 Å². The molecule has 128 valence electrons. The number of carboxylic acids is 1. The summed E-state index contributed by atoms with van der Waals surface area (Å²) in [4.78, 5) is 35.5. The van der Waals surface area contributed by atoms with E-state index in [-0.39, 0.29) is 17.7 Å². The van der Waals surface area contributed by atoms with Crippen molar-refractivity contribution in [3.63, 3.8) is 0 Å². The molecule has 1 aromatic carbocycles. The van der Waals surface area contributed by atoms with Gasteiger partial charge in [-0.05, 0) is 31.0 Å². The standard InChI is InChI=1S/C18H22N2O4/c1-11(2)16(21)19-12-6-5-7-13(10-12)20-17(22)14-8-3-4-9-15(14)18(23)24/h3-7,10-11,14-15H,8-9H2,1-2H3,(H,19,21)(H,20,22)(H,23,24). The molecule has 3 N–H and O–H groups in total. The Balaban J connectivity index is 2.07. The van der Waals surface area contributed by atoms with Gasteiger partial charge in [-0.2, -0.15) is 0 Å². The number of carboxylic acid groups (broad SMARTS) is 1. The lowest BCUT2D eigenvalue weighted by Crippen LogP contribution is -2.34. The van der Waals surface area contributed by atoms with Crippen molar-refractivity contribution in [2.75, 3.05) is 10.6 Å². The predicted octanol–water partition coefficient (Wildman–Crippen LogP) is 2.89. The smallest absolute Gasteiger partial charge is 0.307 e. The van der Waals surface area contributed by atoms with Crippen molar-refractivity contribution in [2.24, 2.45) is 17.8 Å². The third kappa shape index (κ3) is 4.44. The molecule has 0 saturated heterocycles. The third-order valence-corrected chi connectivity index (χ3v) is 4.01. The summed E-state index contributed by atoms with van der Waals surface area (Å²) in [5, 5.41) is 14.8. The van der Waals surface area contributed by atoms with Gasteiger partial charge in [-0.3, -0.25) is 14.4 Å². The minimum absolute atomic E-state index is 0.109. The van der Waals surface area contributed by atoms with Crippen LogP contribution in [-0.4, -0.2) is 22.9 Å². The number of amides is 2. The quantitative estimate of drug-likeness (QED) is 0.723. The zero-order valence-electron chi connectivity index (χ0n) is 13.8. The van der Waals surface area contributed by atoms with Gasteiger partial charge in [0.1, 0.15) is 0 Å². The minimum atomic E-state index is -0.961. The number of aliphatic carboxylic acids is 1. The SMILES string of the molecule is CC(C)C(=O)Nc1cccc(NC(=O)C2CC=CCC2C(=O)O)c1. The maximum atomic E-state index is 12.4. The van der Waals surface area contributed by atoms with E-state index in [9.17, 15) is 19.5 Å². The monoisotopic (exact) mass is 330 g/mol. The van der Waals surface area contributed by atoms with Crippen molar-refractivity contribution in [3.8, 4) is 0 Å². The molecule has 2 atom stereocenters. The molecule has 0 fully saturated rings. The number of allylic oxidation sites excluding steroid dienone is 2. The average molecular weight is 330 g/mol. The van der Waals surface area contributed by atoms with Crippen LogP contribution in [0.25, 0.3) is 0 Å². The average Bonchev–Trinajstić information content (AvgIpc) is 2.55. The molecule has 1 aliphatic carbocycles. The molecule has 0 aromatic heterocycles. The van der Waals surface area contributed by atoms with Crippen LogP contribution >= 0.6 is 0 Å². The Morgan fingerprint density at radius 3 is 2.21 bits per heavy atom. The Morgan fingerprint density at radius 1 is 1.04 bits per heavy atom. The predicted molar refractivity (Wildman–Crippen MR) is 91.5 cm³/mol. The molecule has 0 spiro atoms. The third-order valence-electron chi connectivity index (χ3n) is 4.01. The zero-order chi connectivity index (χ0) is 17.7. The lowest BCUT2D eigenvalue weighted by Gasteiger charge is -2.24. The molecular weight excluding hydrogens is 308 g/mol. The summed E-state index contributed by atoms with van der Waals surface area (Å²) >= 11 is 0. The van der Waals surface area contributed by atoms with Gasteiger partial charge in [0.15, 0.2) is 0 Å². The fourth-order valence-electron chi connectivity index (χ4n) is 2.57.